The summed E-state index contributed by atoms with van der Waals surface area (Å²) in [5.41, 5.74) is 1.16. The van der Waals surface area contributed by atoms with Gasteiger partial charge in [-0.15, -0.1) is 0 Å². The largest absolute Gasteiger partial charge is 0.314 e. The van der Waals surface area contributed by atoms with E-state index in [-0.39, 0.29) is 12.2 Å². The molecule has 1 atom stereocenters. The average molecular weight is 272 g/mol. The second-order valence-electron chi connectivity index (χ2n) is 4.88. The first-order chi connectivity index (χ1) is 9.09. The van der Waals surface area contributed by atoms with Crippen LogP contribution >= 0.6 is 0 Å². The van der Waals surface area contributed by atoms with Gasteiger partial charge in [-0.2, -0.15) is 0 Å². The molecule has 1 fully saturated rings. The Morgan fingerprint density at radius 3 is 2.58 bits per heavy atom. The molecule has 1 aliphatic heterocycles. The third-order valence-corrected chi connectivity index (χ3v) is 3.66. The molecule has 5 heteroatoms. The lowest BCUT2D eigenvalue weighted by Gasteiger charge is -2.35. The van der Waals surface area contributed by atoms with Crippen molar-refractivity contribution in [3.8, 4) is 0 Å². The van der Waals surface area contributed by atoms with Gasteiger partial charge in [-0.25, -0.2) is 13.2 Å². The van der Waals surface area contributed by atoms with Crippen molar-refractivity contribution in [3.63, 3.8) is 0 Å². The van der Waals surface area contributed by atoms with Crippen LogP contribution in [0.1, 0.15) is 23.6 Å². The Morgan fingerprint density at radius 2 is 1.95 bits per heavy atom. The zero-order valence-corrected chi connectivity index (χ0v) is 11.0. The van der Waals surface area contributed by atoms with E-state index < -0.39 is 12.5 Å². The van der Waals surface area contributed by atoms with Crippen LogP contribution in [-0.4, -0.2) is 37.5 Å². The van der Waals surface area contributed by atoms with E-state index in [0.29, 0.717) is 24.2 Å². The van der Waals surface area contributed by atoms with Crippen molar-refractivity contribution < 1.29 is 13.2 Å². The number of hydrogen-bond acceptors (Lipinski definition) is 2. The molecule has 1 aliphatic rings. The number of alkyl halides is 2. The molecule has 0 radical (unpaired) electrons. The minimum atomic E-state index is -2.39. The SMILES string of the molecule is Cc1c(F)cccc1[C@@H](CC(F)F)N1CCNCC1. The van der Waals surface area contributed by atoms with E-state index in [9.17, 15) is 13.2 Å². The molecule has 1 aromatic carbocycles. The Balaban J connectivity index is 2.27. The van der Waals surface area contributed by atoms with Gasteiger partial charge in [-0.3, -0.25) is 4.90 Å². The maximum Gasteiger partial charge on any atom is 0.240 e. The molecule has 1 aromatic rings. The maximum atomic E-state index is 13.6. The van der Waals surface area contributed by atoms with Gasteiger partial charge in [0.2, 0.25) is 6.43 Å². The first kappa shape index (κ1) is 14.3. The van der Waals surface area contributed by atoms with Crippen LogP contribution in [0.25, 0.3) is 0 Å². The van der Waals surface area contributed by atoms with Crippen molar-refractivity contribution in [2.24, 2.45) is 0 Å². The Bertz CT molecular complexity index is 417. The Hall–Kier alpha value is -1.07. The summed E-state index contributed by atoms with van der Waals surface area (Å²) >= 11 is 0. The molecule has 19 heavy (non-hydrogen) atoms. The number of benzene rings is 1. The number of hydrogen-bond donors (Lipinski definition) is 1. The van der Waals surface area contributed by atoms with Crippen molar-refractivity contribution in [2.75, 3.05) is 26.2 Å². The van der Waals surface area contributed by atoms with Gasteiger partial charge in [0, 0.05) is 38.6 Å². The molecule has 1 saturated heterocycles. The summed E-state index contributed by atoms with van der Waals surface area (Å²) < 4.78 is 39.3. The Labute approximate surface area is 111 Å². The summed E-state index contributed by atoms with van der Waals surface area (Å²) in [5, 5.41) is 3.20. The fourth-order valence-electron chi connectivity index (χ4n) is 2.62. The molecule has 106 valence electrons. The molecule has 0 amide bonds. The van der Waals surface area contributed by atoms with Crippen molar-refractivity contribution in [1.82, 2.24) is 10.2 Å². The molecule has 1 heterocycles. The van der Waals surface area contributed by atoms with Gasteiger partial charge < -0.3 is 5.32 Å². The lowest BCUT2D eigenvalue weighted by Crippen LogP contribution is -2.45. The lowest BCUT2D eigenvalue weighted by atomic mass is 9.96. The van der Waals surface area contributed by atoms with Gasteiger partial charge in [0.05, 0.1) is 0 Å². The van der Waals surface area contributed by atoms with Gasteiger partial charge >= 0.3 is 0 Å². The highest BCUT2D eigenvalue weighted by Crippen LogP contribution is 2.30. The third-order valence-electron chi connectivity index (χ3n) is 3.66. The van der Waals surface area contributed by atoms with E-state index in [4.69, 9.17) is 0 Å². The zero-order chi connectivity index (χ0) is 13.8. The quantitative estimate of drug-likeness (QED) is 0.906. The first-order valence-corrected chi connectivity index (χ1v) is 6.57. The van der Waals surface area contributed by atoms with E-state index in [2.05, 4.69) is 5.32 Å². The van der Waals surface area contributed by atoms with Crippen LogP contribution in [0.4, 0.5) is 13.2 Å². The van der Waals surface area contributed by atoms with Gasteiger partial charge in [0.15, 0.2) is 0 Å². The predicted molar refractivity (Wildman–Crippen MR) is 68.9 cm³/mol. The van der Waals surface area contributed by atoms with Gasteiger partial charge in [0.25, 0.3) is 0 Å². The van der Waals surface area contributed by atoms with Crippen LogP contribution in [-0.2, 0) is 0 Å². The summed E-state index contributed by atoms with van der Waals surface area (Å²) in [5.74, 6) is -0.327. The van der Waals surface area contributed by atoms with Crippen LogP contribution < -0.4 is 5.32 Å². The minimum Gasteiger partial charge on any atom is -0.314 e. The highest BCUT2D eigenvalue weighted by molar-refractivity contribution is 5.30. The Morgan fingerprint density at radius 1 is 1.26 bits per heavy atom. The highest BCUT2D eigenvalue weighted by Gasteiger charge is 2.27. The van der Waals surface area contributed by atoms with Crippen LogP contribution in [0.5, 0.6) is 0 Å². The summed E-state index contributed by atoms with van der Waals surface area (Å²) in [7, 11) is 0. The van der Waals surface area contributed by atoms with Crippen molar-refractivity contribution >= 4 is 0 Å². The molecule has 0 saturated carbocycles. The molecular weight excluding hydrogens is 253 g/mol. The van der Waals surface area contributed by atoms with Gasteiger partial charge in [-0.1, -0.05) is 12.1 Å². The topological polar surface area (TPSA) is 15.3 Å². The summed E-state index contributed by atoms with van der Waals surface area (Å²) in [6, 6.07) is 4.32. The number of nitrogens with one attached hydrogen (secondary N) is 1. The number of nitrogens with zero attached hydrogens (tertiary/aromatic N) is 1. The molecule has 0 aliphatic carbocycles. The zero-order valence-electron chi connectivity index (χ0n) is 11.0. The van der Waals surface area contributed by atoms with Crippen molar-refractivity contribution in [2.45, 2.75) is 25.8 Å². The van der Waals surface area contributed by atoms with Gasteiger partial charge in [0.1, 0.15) is 5.82 Å². The summed E-state index contributed by atoms with van der Waals surface area (Å²) in [4.78, 5) is 2.02. The van der Waals surface area contributed by atoms with E-state index in [1.165, 1.54) is 6.07 Å². The fourth-order valence-corrected chi connectivity index (χ4v) is 2.62. The Kier molecular flexibility index (Phi) is 4.82. The number of halogens is 3. The summed E-state index contributed by atoms with van der Waals surface area (Å²) in [6.45, 7) is 4.66. The molecule has 0 spiro atoms. The molecule has 0 aromatic heterocycles. The van der Waals surface area contributed by atoms with Crippen molar-refractivity contribution in [3.05, 3.63) is 35.1 Å². The summed E-state index contributed by atoms with van der Waals surface area (Å²) in [6.07, 6.45) is -2.63. The normalized spacial score (nSPS) is 18.8. The first-order valence-electron chi connectivity index (χ1n) is 6.57. The van der Waals surface area contributed by atoms with E-state index >= 15 is 0 Å². The van der Waals surface area contributed by atoms with Crippen LogP contribution in [0.15, 0.2) is 18.2 Å². The third kappa shape index (κ3) is 3.48. The average Bonchev–Trinajstić information content (AvgIpc) is 2.40. The second kappa shape index (κ2) is 6.39. The maximum absolute atomic E-state index is 13.6. The molecule has 0 unspecified atom stereocenters. The standard InChI is InChI=1S/C14H19F3N2/c1-10-11(3-2-4-12(10)15)13(9-14(16)17)19-7-5-18-6-8-19/h2-4,13-14,18H,5-9H2,1H3/t13-/m1/s1. The fraction of sp³-hybridized carbons (Fsp3) is 0.571. The second-order valence-corrected chi connectivity index (χ2v) is 4.88. The molecule has 2 rings (SSSR count). The molecule has 1 N–H and O–H groups in total. The predicted octanol–water partition coefficient (Wildman–Crippen LogP) is 2.74. The number of rotatable bonds is 4. The molecular formula is C14H19F3N2. The smallest absolute Gasteiger partial charge is 0.240 e. The van der Waals surface area contributed by atoms with Crippen LogP contribution in [0, 0.1) is 12.7 Å². The molecule has 0 bridgehead atoms. The van der Waals surface area contributed by atoms with Crippen molar-refractivity contribution in [1.29, 1.82) is 0 Å². The van der Waals surface area contributed by atoms with E-state index in [0.717, 1.165) is 13.1 Å². The molecule has 2 nitrogen and oxygen atoms in total. The highest BCUT2D eigenvalue weighted by atomic mass is 19.3. The van der Waals surface area contributed by atoms with Crippen LogP contribution in [0.3, 0.4) is 0 Å². The number of piperazine rings is 1. The lowest BCUT2D eigenvalue weighted by molar-refractivity contribution is 0.0735. The van der Waals surface area contributed by atoms with E-state index in [1.807, 2.05) is 4.90 Å². The minimum absolute atomic E-state index is 0.246. The van der Waals surface area contributed by atoms with E-state index in [1.54, 1.807) is 19.1 Å². The van der Waals surface area contributed by atoms with Crippen LogP contribution in [0.2, 0.25) is 0 Å². The van der Waals surface area contributed by atoms with Gasteiger partial charge in [-0.05, 0) is 24.1 Å². The monoisotopic (exact) mass is 272 g/mol.